The summed E-state index contributed by atoms with van der Waals surface area (Å²) in [7, 11) is 0. The van der Waals surface area contributed by atoms with Crippen LogP contribution in [0, 0.1) is 29.6 Å². The monoisotopic (exact) mass is 426 g/mol. The maximum absolute atomic E-state index is 12.2. The van der Waals surface area contributed by atoms with Gasteiger partial charge in [0, 0.05) is 11.1 Å². The Morgan fingerprint density at radius 2 is 1.39 bits per heavy atom. The molecule has 2 aromatic rings. The number of ether oxygens (including phenoxy) is 1. The standard InChI is InChI=1S/C27H29F3O/c1-2-19-5-12-25-18-24(14-13-23(25)17-19)22-10-6-20(7-11-22)3-4-21-8-15-26(16-9-21)31-27(28,29)30/h6-11,15-16,19,23-25H,2,5,12-14,17-18H2,1H3/t19?,23-,24-,25-/m1/s1. The lowest BCUT2D eigenvalue weighted by atomic mass is 9.63. The first kappa shape index (κ1) is 21.8. The van der Waals surface area contributed by atoms with Crippen LogP contribution in [0.15, 0.2) is 48.5 Å². The van der Waals surface area contributed by atoms with Crippen molar-refractivity contribution in [1.82, 2.24) is 0 Å². The average molecular weight is 427 g/mol. The van der Waals surface area contributed by atoms with E-state index in [0.717, 1.165) is 23.3 Å². The molecule has 2 aliphatic rings. The largest absolute Gasteiger partial charge is 0.573 e. The zero-order valence-corrected chi connectivity index (χ0v) is 17.9. The highest BCUT2D eigenvalue weighted by Crippen LogP contribution is 2.48. The number of halogens is 3. The van der Waals surface area contributed by atoms with Crippen LogP contribution in [-0.4, -0.2) is 6.36 Å². The Balaban J connectivity index is 1.35. The molecular formula is C27H29F3O. The minimum absolute atomic E-state index is 0.236. The van der Waals surface area contributed by atoms with Crippen molar-refractivity contribution < 1.29 is 17.9 Å². The summed E-state index contributed by atoms with van der Waals surface area (Å²) >= 11 is 0. The molecular weight excluding hydrogens is 397 g/mol. The second kappa shape index (κ2) is 9.39. The van der Waals surface area contributed by atoms with E-state index in [1.54, 1.807) is 0 Å². The van der Waals surface area contributed by atoms with Crippen LogP contribution in [-0.2, 0) is 0 Å². The van der Waals surface area contributed by atoms with E-state index >= 15 is 0 Å². The van der Waals surface area contributed by atoms with Crippen molar-refractivity contribution in [2.75, 3.05) is 0 Å². The van der Waals surface area contributed by atoms with Crippen LogP contribution in [0.5, 0.6) is 5.75 Å². The van der Waals surface area contributed by atoms with Gasteiger partial charge in [-0.1, -0.05) is 43.7 Å². The molecule has 0 aromatic heterocycles. The molecule has 4 rings (SSSR count). The summed E-state index contributed by atoms with van der Waals surface area (Å²) in [5, 5.41) is 0. The van der Waals surface area contributed by atoms with Crippen molar-refractivity contribution in [3.05, 3.63) is 65.2 Å². The molecule has 0 spiro atoms. The van der Waals surface area contributed by atoms with Crippen molar-refractivity contribution >= 4 is 0 Å². The summed E-state index contributed by atoms with van der Waals surface area (Å²) < 4.78 is 40.6. The fraction of sp³-hybridized carbons (Fsp3) is 0.481. The molecule has 2 aromatic carbocycles. The minimum Gasteiger partial charge on any atom is -0.406 e. The van der Waals surface area contributed by atoms with Gasteiger partial charge >= 0.3 is 6.36 Å². The van der Waals surface area contributed by atoms with Gasteiger partial charge in [0.15, 0.2) is 0 Å². The summed E-state index contributed by atoms with van der Waals surface area (Å²) in [4.78, 5) is 0. The smallest absolute Gasteiger partial charge is 0.406 e. The summed E-state index contributed by atoms with van der Waals surface area (Å²) in [6.45, 7) is 2.33. The molecule has 31 heavy (non-hydrogen) atoms. The molecule has 0 bridgehead atoms. The van der Waals surface area contributed by atoms with Gasteiger partial charge in [-0.05, 0) is 97.7 Å². The van der Waals surface area contributed by atoms with E-state index in [2.05, 4.69) is 47.8 Å². The predicted octanol–water partition coefficient (Wildman–Crippen LogP) is 7.70. The molecule has 0 aliphatic heterocycles. The number of benzene rings is 2. The molecule has 0 radical (unpaired) electrons. The maximum atomic E-state index is 12.2. The van der Waals surface area contributed by atoms with Crippen molar-refractivity contribution in [3.8, 4) is 17.6 Å². The normalized spacial score (nSPS) is 25.8. The third-order valence-corrected chi connectivity index (χ3v) is 7.12. The predicted molar refractivity (Wildman–Crippen MR) is 117 cm³/mol. The first-order valence-electron chi connectivity index (χ1n) is 11.4. The van der Waals surface area contributed by atoms with Gasteiger partial charge in [0.25, 0.3) is 0 Å². The lowest BCUT2D eigenvalue weighted by Gasteiger charge is -2.42. The molecule has 1 unspecified atom stereocenters. The Hall–Kier alpha value is -2.41. The first-order valence-corrected chi connectivity index (χ1v) is 11.4. The van der Waals surface area contributed by atoms with Crippen LogP contribution in [0.25, 0.3) is 0 Å². The molecule has 0 heterocycles. The van der Waals surface area contributed by atoms with Crippen molar-refractivity contribution in [3.63, 3.8) is 0 Å². The van der Waals surface area contributed by atoms with E-state index in [-0.39, 0.29) is 5.75 Å². The van der Waals surface area contributed by atoms with E-state index in [9.17, 15) is 13.2 Å². The van der Waals surface area contributed by atoms with Crippen molar-refractivity contribution in [2.45, 2.75) is 64.1 Å². The lowest BCUT2D eigenvalue weighted by molar-refractivity contribution is -0.274. The zero-order valence-electron chi connectivity index (χ0n) is 17.9. The summed E-state index contributed by atoms with van der Waals surface area (Å²) in [6, 6.07) is 14.2. The van der Waals surface area contributed by atoms with Gasteiger partial charge in [-0.3, -0.25) is 0 Å². The van der Waals surface area contributed by atoms with Gasteiger partial charge in [0.1, 0.15) is 5.75 Å². The number of fused-ring (bicyclic) bond motifs is 1. The fourth-order valence-corrected chi connectivity index (χ4v) is 5.38. The number of hydrogen-bond acceptors (Lipinski definition) is 1. The van der Waals surface area contributed by atoms with Gasteiger partial charge in [-0.25, -0.2) is 0 Å². The summed E-state index contributed by atoms with van der Waals surface area (Å²) in [5.74, 6) is 9.31. The topological polar surface area (TPSA) is 9.23 Å². The van der Waals surface area contributed by atoms with Crippen LogP contribution in [0.3, 0.4) is 0 Å². The molecule has 0 amide bonds. The second-order valence-electron chi connectivity index (χ2n) is 9.06. The van der Waals surface area contributed by atoms with E-state index in [4.69, 9.17) is 0 Å². The summed E-state index contributed by atoms with van der Waals surface area (Å²) in [5.41, 5.74) is 2.98. The zero-order chi connectivity index (χ0) is 21.8. The Kier molecular flexibility index (Phi) is 6.60. The minimum atomic E-state index is -4.68. The van der Waals surface area contributed by atoms with Gasteiger partial charge < -0.3 is 4.74 Å². The van der Waals surface area contributed by atoms with Gasteiger partial charge in [-0.15, -0.1) is 13.2 Å². The first-order chi connectivity index (χ1) is 14.9. The van der Waals surface area contributed by atoms with Crippen LogP contribution < -0.4 is 4.74 Å². The van der Waals surface area contributed by atoms with Crippen LogP contribution >= 0.6 is 0 Å². The van der Waals surface area contributed by atoms with E-state index < -0.39 is 6.36 Å². The molecule has 0 N–H and O–H groups in total. The molecule has 4 heteroatoms. The van der Waals surface area contributed by atoms with Gasteiger partial charge in [0.05, 0.1) is 0 Å². The van der Waals surface area contributed by atoms with E-state index in [1.165, 1.54) is 74.8 Å². The SMILES string of the molecule is CCC1CC[C@@H]2C[C@H](c3ccc(C#Cc4ccc(OC(F)(F)F)cc4)cc3)CC[C@@H]2C1. The quantitative estimate of drug-likeness (QED) is 0.457. The number of hydrogen-bond donors (Lipinski definition) is 0. The molecule has 164 valence electrons. The van der Waals surface area contributed by atoms with Gasteiger partial charge in [-0.2, -0.15) is 0 Å². The van der Waals surface area contributed by atoms with E-state index in [1.807, 2.05) is 0 Å². The highest BCUT2D eigenvalue weighted by molar-refractivity contribution is 5.45. The molecule has 2 fully saturated rings. The van der Waals surface area contributed by atoms with Crippen LogP contribution in [0.2, 0.25) is 0 Å². The molecule has 2 saturated carbocycles. The number of rotatable bonds is 3. The Labute approximate surface area is 183 Å². The Morgan fingerprint density at radius 1 is 0.806 bits per heavy atom. The third-order valence-electron chi connectivity index (χ3n) is 7.12. The van der Waals surface area contributed by atoms with Crippen LogP contribution in [0.1, 0.15) is 74.5 Å². The summed E-state index contributed by atoms with van der Waals surface area (Å²) in [6.07, 6.45) is 4.86. The fourth-order valence-electron chi connectivity index (χ4n) is 5.38. The Bertz CT molecular complexity index is 918. The van der Waals surface area contributed by atoms with E-state index in [0.29, 0.717) is 11.5 Å². The maximum Gasteiger partial charge on any atom is 0.573 e. The molecule has 1 nitrogen and oxygen atoms in total. The second-order valence-corrected chi connectivity index (χ2v) is 9.06. The lowest BCUT2D eigenvalue weighted by Crippen LogP contribution is -2.30. The average Bonchev–Trinajstić information content (AvgIpc) is 2.77. The van der Waals surface area contributed by atoms with Crippen molar-refractivity contribution in [2.24, 2.45) is 17.8 Å². The van der Waals surface area contributed by atoms with Crippen LogP contribution in [0.4, 0.5) is 13.2 Å². The number of alkyl halides is 3. The highest BCUT2D eigenvalue weighted by atomic mass is 19.4. The van der Waals surface area contributed by atoms with Gasteiger partial charge in [0.2, 0.25) is 0 Å². The highest BCUT2D eigenvalue weighted by Gasteiger charge is 2.35. The molecule has 4 atom stereocenters. The molecule has 0 saturated heterocycles. The molecule has 2 aliphatic carbocycles. The van der Waals surface area contributed by atoms with Crippen molar-refractivity contribution in [1.29, 1.82) is 0 Å². The third kappa shape index (κ3) is 5.85. The Morgan fingerprint density at radius 3 is 2.00 bits per heavy atom.